The number of benzene rings is 1. The molecule has 0 atom stereocenters. The van der Waals surface area contributed by atoms with Gasteiger partial charge < -0.3 is 10.1 Å². The van der Waals surface area contributed by atoms with Gasteiger partial charge in [0.2, 0.25) is 0 Å². The first-order chi connectivity index (χ1) is 8.22. The van der Waals surface area contributed by atoms with Gasteiger partial charge in [0.1, 0.15) is 5.75 Å². The first-order valence-corrected chi connectivity index (χ1v) is 6.65. The molecule has 17 heavy (non-hydrogen) atoms. The molecule has 0 heterocycles. The van der Waals surface area contributed by atoms with Crippen LogP contribution in [0.15, 0.2) is 22.7 Å². The highest BCUT2D eigenvalue weighted by Gasteiger charge is 2.21. The highest BCUT2D eigenvalue weighted by molar-refractivity contribution is 9.10. The number of nitrogens with one attached hydrogen (secondary N) is 1. The molecule has 1 aliphatic carbocycles. The Morgan fingerprint density at radius 2 is 2.12 bits per heavy atom. The maximum absolute atomic E-state index is 12.2. The average Bonchev–Trinajstić information content (AvgIpc) is 2.81. The van der Waals surface area contributed by atoms with Crippen LogP contribution < -0.4 is 10.1 Å². The molecule has 1 aliphatic rings. The smallest absolute Gasteiger partial charge is 0.256 e. The molecule has 4 heteroatoms. The fourth-order valence-electron chi connectivity index (χ4n) is 2.22. The second-order valence-corrected chi connectivity index (χ2v) is 5.13. The van der Waals surface area contributed by atoms with Gasteiger partial charge in [0.15, 0.2) is 0 Å². The van der Waals surface area contributed by atoms with Crippen molar-refractivity contribution in [2.24, 2.45) is 0 Å². The van der Waals surface area contributed by atoms with E-state index in [1.54, 1.807) is 13.2 Å². The van der Waals surface area contributed by atoms with E-state index in [0.29, 0.717) is 17.4 Å². The Balaban J connectivity index is 2.17. The van der Waals surface area contributed by atoms with E-state index in [2.05, 4.69) is 21.2 Å². The minimum atomic E-state index is -0.0544. The molecule has 0 radical (unpaired) electrons. The zero-order valence-electron chi connectivity index (χ0n) is 9.83. The second-order valence-electron chi connectivity index (χ2n) is 4.27. The SMILES string of the molecule is COc1cccc(Br)c1C(=O)NC1CCCC1. The third kappa shape index (κ3) is 2.80. The maximum Gasteiger partial charge on any atom is 0.256 e. The Kier molecular flexibility index (Phi) is 4.05. The molecule has 1 aromatic rings. The van der Waals surface area contributed by atoms with Gasteiger partial charge in [-0.15, -0.1) is 0 Å². The first kappa shape index (κ1) is 12.4. The van der Waals surface area contributed by atoms with Crippen molar-refractivity contribution < 1.29 is 9.53 Å². The van der Waals surface area contributed by atoms with Crippen LogP contribution in [-0.2, 0) is 0 Å². The molecule has 1 fully saturated rings. The minimum absolute atomic E-state index is 0.0544. The van der Waals surface area contributed by atoms with Crippen molar-refractivity contribution in [2.75, 3.05) is 7.11 Å². The summed E-state index contributed by atoms with van der Waals surface area (Å²) in [5, 5.41) is 3.06. The summed E-state index contributed by atoms with van der Waals surface area (Å²) in [6.07, 6.45) is 4.58. The van der Waals surface area contributed by atoms with Gasteiger partial charge in [-0.3, -0.25) is 4.79 Å². The molecule has 1 saturated carbocycles. The molecular weight excluding hydrogens is 282 g/mol. The van der Waals surface area contributed by atoms with E-state index in [0.717, 1.165) is 17.3 Å². The fraction of sp³-hybridized carbons (Fsp3) is 0.462. The average molecular weight is 298 g/mol. The van der Waals surface area contributed by atoms with Crippen molar-refractivity contribution in [3.05, 3.63) is 28.2 Å². The van der Waals surface area contributed by atoms with Crippen molar-refractivity contribution in [3.63, 3.8) is 0 Å². The monoisotopic (exact) mass is 297 g/mol. The van der Waals surface area contributed by atoms with Gasteiger partial charge in [-0.1, -0.05) is 18.9 Å². The molecule has 92 valence electrons. The number of amides is 1. The Bertz CT molecular complexity index is 414. The van der Waals surface area contributed by atoms with Crippen molar-refractivity contribution in [2.45, 2.75) is 31.7 Å². The molecule has 1 N–H and O–H groups in total. The summed E-state index contributed by atoms with van der Waals surface area (Å²) in [5.41, 5.74) is 0.585. The summed E-state index contributed by atoms with van der Waals surface area (Å²) >= 11 is 3.40. The van der Waals surface area contributed by atoms with Gasteiger partial charge in [-0.25, -0.2) is 0 Å². The zero-order valence-corrected chi connectivity index (χ0v) is 11.4. The Morgan fingerprint density at radius 3 is 2.76 bits per heavy atom. The lowest BCUT2D eigenvalue weighted by Crippen LogP contribution is -2.33. The molecule has 0 spiro atoms. The molecular formula is C13H16BrNO2. The van der Waals surface area contributed by atoms with Crippen molar-refractivity contribution in [1.29, 1.82) is 0 Å². The van der Waals surface area contributed by atoms with Crippen LogP contribution in [0.4, 0.5) is 0 Å². The molecule has 3 nitrogen and oxygen atoms in total. The lowest BCUT2D eigenvalue weighted by Gasteiger charge is -2.14. The fourth-order valence-corrected chi connectivity index (χ4v) is 2.75. The summed E-state index contributed by atoms with van der Waals surface area (Å²) in [5.74, 6) is 0.552. The minimum Gasteiger partial charge on any atom is -0.496 e. The topological polar surface area (TPSA) is 38.3 Å². The first-order valence-electron chi connectivity index (χ1n) is 5.85. The van der Waals surface area contributed by atoms with Gasteiger partial charge in [0.25, 0.3) is 5.91 Å². The Morgan fingerprint density at radius 1 is 1.41 bits per heavy atom. The van der Waals surface area contributed by atoms with Crippen molar-refractivity contribution in [1.82, 2.24) is 5.32 Å². The van der Waals surface area contributed by atoms with Crippen molar-refractivity contribution in [3.8, 4) is 5.75 Å². The highest BCUT2D eigenvalue weighted by Crippen LogP contribution is 2.27. The normalized spacial score (nSPS) is 15.9. The third-order valence-corrected chi connectivity index (χ3v) is 3.77. The second kappa shape index (κ2) is 5.54. The predicted molar refractivity (Wildman–Crippen MR) is 70.4 cm³/mol. The number of carbonyl (C=O) groups excluding carboxylic acids is 1. The maximum atomic E-state index is 12.2. The summed E-state index contributed by atoms with van der Waals surface area (Å²) < 4.78 is 5.99. The molecule has 0 aromatic heterocycles. The lowest BCUT2D eigenvalue weighted by molar-refractivity contribution is 0.0934. The van der Waals surface area contributed by atoms with Crippen LogP contribution in [0, 0.1) is 0 Å². The van der Waals surface area contributed by atoms with E-state index in [1.807, 2.05) is 12.1 Å². The lowest BCUT2D eigenvalue weighted by atomic mass is 10.1. The van der Waals surface area contributed by atoms with Gasteiger partial charge >= 0.3 is 0 Å². The highest BCUT2D eigenvalue weighted by atomic mass is 79.9. The van der Waals surface area contributed by atoms with Gasteiger partial charge in [0, 0.05) is 10.5 Å². The van der Waals surface area contributed by atoms with Crippen LogP contribution in [0.1, 0.15) is 36.0 Å². The molecule has 1 amide bonds. The van der Waals surface area contributed by atoms with Crippen molar-refractivity contribution >= 4 is 21.8 Å². The molecule has 0 unspecified atom stereocenters. The number of hydrogen-bond donors (Lipinski definition) is 1. The Labute approximate surface area is 110 Å². The molecule has 2 rings (SSSR count). The molecule has 0 saturated heterocycles. The van der Waals surface area contributed by atoms with E-state index >= 15 is 0 Å². The van der Waals surface area contributed by atoms with Crippen LogP contribution in [0.2, 0.25) is 0 Å². The van der Waals surface area contributed by atoms with Gasteiger partial charge in [0.05, 0.1) is 12.7 Å². The van der Waals surface area contributed by atoms with E-state index in [4.69, 9.17) is 4.74 Å². The largest absolute Gasteiger partial charge is 0.496 e. The van der Waals surface area contributed by atoms with Gasteiger partial charge in [-0.05, 0) is 40.9 Å². The molecule has 0 bridgehead atoms. The summed E-state index contributed by atoms with van der Waals surface area (Å²) in [7, 11) is 1.58. The number of carbonyl (C=O) groups is 1. The molecule has 1 aromatic carbocycles. The third-order valence-electron chi connectivity index (χ3n) is 3.11. The van der Waals surface area contributed by atoms with E-state index in [9.17, 15) is 4.79 Å². The quantitative estimate of drug-likeness (QED) is 0.931. The van der Waals surface area contributed by atoms with Crippen LogP contribution in [0.5, 0.6) is 5.75 Å². The van der Waals surface area contributed by atoms with E-state index in [-0.39, 0.29) is 5.91 Å². The standard InChI is InChI=1S/C13H16BrNO2/c1-17-11-8-4-7-10(14)12(11)13(16)15-9-5-2-3-6-9/h4,7-9H,2-3,5-6H2,1H3,(H,15,16). The summed E-state index contributed by atoms with van der Waals surface area (Å²) in [6, 6.07) is 5.83. The number of halogens is 1. The van der Waals surface area contributed by atoms with Crippen LogP contribution >= 0.6 is 15.9 Å². The number of rotatable bonds is 3. The van der Waals surface area contributed by atoms with Crippen LogP contribution in [0.25, 0.3) is 0 Å². The van der Waals surface area contributed by atoms with Crippen LogP contribution in [-0.4, -0.2) is 19.1 Å². The summed E-state index contributed by atoms with van der Waals surface area (Å²) in [6.45, 7) is 0. The van der Waals surface area contributed by atoms with E-state index < -0.39 is 0 Å². The van der Waals surface area contributed by atoms with Crippen LogP contribution in [0.3, 0.4) is 0 Å². The Hall–Kier alpha value is -1.03. The number of hydrogen-bond acceptors (Lipinski definition) is 2. The van der Waals surface area contributed by atoms with E-state index in [1.165, 1.54) is 12.8 Å². The zero-order chi connectivity index (χ0) is 12.3. The predicted octanol–water partition coefficient (Wildman–Crippen LogP) is 3.13. The summed E-state index contributed by atoms with van der Waals surface area (Å²) in [4.78, 5) is 12.2. The number of ether oxygens (including phenoxy) is 1. The van der Waals surface area contributed by atoms with Gasteiger partial charge in [-0.2, -0.15) is 0 Å². The molecule has 0 aliphatic heterocycles. The number of methoxy groups -OCH3 is 1.